The SMILES string of the molecule is Cc1ccccc1CC(O)CC1=CCCCC1. The molecule has 0 radical (unpaired) electrons. The van der Waals surface area contributed by atoms with Crippen molar-refractivity contribution in [3.05, 3.63) is 47.0 Å². The van der Waals surface area contributed by atoms with E-state index in [4.69, 9.17) is 0 Å². The van der Waals surface area contributed by atoms with Crippen LogP contribution >= 0.6 is 0 Å². The maximum Gasteiger partial charge on any atom is 0.0617 e. The number of allylic oxidation sites excluding steroid dienone is 1. The van der Waals surface area contributed by atoms with E-state index in [-0.39, 0.29) is 6.10 Å². The second-order valence-electron chi connectivity index (χ2n) is 5.10. The number of hydrogen-bond donors (Lipinski definition) is 1. The maximum absolute atomic E-state index is 10.1. The number of aliphatic hydroxyl groups excluding tert-OH is 1. The Hall–Kier alpha value is -1.08. The minimum atomic E-state index is -0.222. The van der Waals surface area contributed by atoms with Crippen molar-refractivity contribution >= 4 is 0 Å². The first kappa shape index (κ1) is 12.4. The lowest BCUT2D eigenvalue weighted by Crippen LogP contribution is -2.13. The molecule has 1 nitrogen and oxygen atoms in total. The highest BCUT2D eigenvalue weighted by Gasteiger charge is 2.11. The number of aliphatic hydroxyl groups is 1. The fraction of sp³-hybridized carbons (Fsp3) is 0.500. The Morgan fingerprint density at radius 1 is 1.18 bits per heavy atom. The van der Waals surface area contributed by atoms with Crippen LogP contribution in [0.2, 0.25) is 0 Å². The first-order valence-corrected chi connectivity index (χ1v) is 6.66. The van der Waals surface area contributed by atoms with Crippen molar-refractivity contribution in [2.24, 2.45) is 0 Å². The van der Waals surface area contributed by atoms with Crippen molar-refractivity contribution in [1.29, 1.82) is 0 Å². The molecule has 1 heteroatoms. The van der Waals surface area contributed by atoms with Gasteiger partial charge in [0, 0.05) is 0 Å². The molecule has 1 unspecified atom stereocenters. The molecule has 17 heavy (non-hydrogen) atoms. The minimum absolute atomic E-state index is 0.222. The quantitative estimate of drug-likeness (QED) is 0.780. The lowest BCUT2D eigenvalue weighted by molar-refractivity contribution is 0.173. The zero-order valence-electron chi connectivity index (χ0n) is 10.7. The third-order valence-corrected chi connectivity index (χ3v) is 3.60. The van der Waals surface area contributed by atoms with Crippen molar-refractivity contribution < 1.29 is 5.11 Å². The van der Waals surface area contributed by atoms with Gasteiger partial charge in [-0.15, -0.1) is 0 Å². The molecule has 0 saturated heterocycles. The van der Waals surface area contributed by atoms with Crippen LogP contribution in [0.25, 0.3) is 0 Å². The maximum atomic E-state index is 10.1. The van der Waals surface area contributed by atoms with E-state index in [2.05, 4.69) is 37.3 Å². The van der Waals surface area contributed by atoms with Gasteiger partial charge < -0.3 is 5.11 Å². The van der Waals surface area contributed by atoms with Crippen LogP contribution in [0.15, 0.2) is 35.9 Å². The van der Waals surface area contributed by atoms with Gasteiger partial charge in [0.15, 0.2) is 0 Å². The average molecular weight is 230 g/mol. The monoisotopic (exact) mass is 230 g/mol. The summed E-state index contributed by atoms with van der Waals surface area (Å²) in [5.74, 6) is 0. The Bertz CT molecular complexity index is 392. The van der Waals surface area contributed by atoms with E-state index < -0.39 is 0 Å². The van der Waals surface area contributed by atoms with Crippen LogP contribution in [0, 0.1) is 6.92 Å². The van der Waals surface area contributed by atoms with Crippen molar-refractivity contribution in [2.45, 2.75) is 51.6 Å². The summed E-state index contributed by atoms with van der Waals surface area (Å²) in [7, 11) is 0. The predicted molar refractivity (Wildman–Crippen MR) is 72.1 cm³/mol. The van der Waals surface area contributed by atoms with Gasteiger partial charge in [-0.2, -0.15) is 0 Å². The highest BCUT2D eigenvalue weighted by Crippen LogP contribution is 2.22. The number of rotatable bonds is 4. The summed E-state index contributed by atoms with van der Waals surface area (Å²) in [4.78, 5) is 0. The molecule has 1 aliphatic carbocycles. The fourth-order valence-corrected chi connectivity index (χ4v) is 2.56. The molecule has 92 valence electrons. The highest BCUT2D eigenvalue weighted by atomic mass is 16.3. The fourth-order valence-electron chi connectivity index (χ4n) is 2.56. The average Bonchev–Trinajstić information content (AvgIpc) is 2.33. The molecule has 0 spiro atoms. The molecular weight excluding hydrogens is 208 g/mol. The summed E-state index contributed by atoms with van der Waals surface area (Å²) >= 11 is 0. The summed E-state index contributed by atoms with van der Waals surface area (Å²) in [5, 5.41) is 10.1. The first-order chi connectivity index (χ1) is 8.25. The molecule has 0 aliphatic heterocycles. The zero-order valence-corrected chi connectivity index (χ0v) is 10.7. The second-order valence-corrected chi connectivity index (χ2v) is 5.10. The molecule has 1 aliphatic rings. The largest absolute Gasteiger partial charge is 0.392 e. The summed E-state index contributed by atoms with van der Waals surface area (Å²) in [5.41, 5.74) is 4.01. The molecule has 1 atom stereocenters. The van der Waals surface area contributed by atoms with Gasteiger partial charge >= 0.3 is 0 Å². The van der Waals surface area contributed by atoms with Crippen LogP contribution in [-0.2, 0) is 6.42 Å². The van der Waals surface area contributed by atoms with Crippen molar-refractivity contribution in [2.75, 3.05) is 0 Å². The van der Waals surface area contributed by atoms with Crippen LogP contribution in [-0.4, -0.2) is 11.2 Å². The number of benzene rings is 1. The molecule has 0 heterocycles. The molecule has 0 amide bonds. The first-order valence-electron chi connectivity index (χ1n) is 6.66. The van der Waals surface area contributed by atoms with Gasteiger partial charge in [-0.25, -0.2) is 0 Å². The van der Waals surface area contributed by atoms with Gasteiger partial charge in [0.05, 0.1) is 6.10 Å². The van der Waals surface area contributed by atoms with E-state index in [0.717, 1.165) is 12.8 Å². The zero-order chi connectivity index (χ0) is 12.1. The van der Waals surface area contributed by atoms with E-state index in [1.54, 1.807) is 0 Å². The standard InChI is InChI=1S/C16H22O/c1-13-7-5-6-10-15(13)12-16(17)11-14-8-3-2-4-9-14/h5-8,10,16-17H,2-4,9,11-12H2,1H3. The molecular formula is C16H22O. The molecule has 1 aromatic rings. The van der Waals surface area contributed by atoms with Crippen LogP contribution in [0.1, 0.15) is 43.2 Å². The molecule has 0 aromatic heterocycles. The van der Waals surface area contributed by atoms with Crippen LogP contribution in [0.4, 0.5) is 0 Å². The van der Waals surface area contributed by atoms with Gasteiger partial charge in [0.2, 0.25) is 0 Å². The Kier molecular flexibility index (Phi) is 4.38. The Labute approximate surface area is 104 Å². The van der Waals surface area contributed by atoms with Crippen molar-refractivity contribution in [3.63, 3.8) is 0 Å². The Balaban J connectivity index is 1.91. The van der Waals surface area contributed by atoms with Gasteiger partial charge in [-0.1, -0.05) is 35.9 Å². The van der Waals surface area contributed by atoms with Gasteiger partial charge in [0.25, 0.3) is 0 Å². The van der Waals surface area contributed by atoms with Crippen LogP contribution < -0.4 is 0 Å². The molecule has 1 aromatic carbocycles. The lowest BCUT2D eigenvalue weighted by Gasteiger charge is -2.17. The second kappa shape index (κ2) is 6.02. The van der Waals surface area contributed by atoms with Gasteiger partial charge in [-0.3, -0.25) is 0 Å². The summed E-state index contributed by atoms with van der Waals surface area (Å²) in [6.07, 6.45) is 8.74. The number of aryl methyl sites for hydroxylation is 1. The minimum Gasteiger partial charge on any atom is -0.392 e. The highest BCUT2D eigenvalue weighted by molar-refractivity contribution is 5.26. The van der Waals surface area contributed by atoms with Crippen molar-refractivity contribution in [1.82, 2.24) is 0 Å². The molecule has 2 rings (SSSR count). The Morgan fingerprint density at radius 2 is 2.00 bits per heavy atom. The van der Waals surface area contributed by atoms with Gasteiger partial charge in [-0.05, 0) is 56.6 Å². The topological polar surface area (TPSA) is 20.2 Å². The molecule has 1 N–H and O–H groups in total. The van der Waals surface area contributed by atoms with Crippen LogP contribution in [0.3, 0.4) is 0 Å². The molecule has 0 saturated carbocycles. The van der Waals surface area contributed by atoms with Crippen molar-refractivity contribution in [3.8, 4) is 0 Å². The molecule has 0 fully saturated rings. The van der Waals surface area contributed by atoms with E-state index >= 15 is 0 Å². The third-order valence-electron chi connectivity index (χ3n) is 3.60. The van der Waals surface area contributed by atoms with E-state index in [1.165, 1.54) is 42.4 Å². The van der Waals surface area contributed by atoms with Gasteiger partial charge in [0.1, 0.15) is 0 Å². The summed E-state index contributed by atoms with van der Waals surface area (Å²) in [6, 6.07) is 8.33. The smallest absolute Gasteiger partial charge is 0.0617 e. The third kappa shape index (κ3) is 3.71. The summed E-state index contributed by atoms with van der Waals surface area (Å²) < 4.78 is 0. The predicted octanol–water partition coefficient (Wildman–Crippen LogP) is 3.79. The van der Waals surface area contributed by atoms with E-state index in [1.807, 2.05) is 0 Å². The normalized spacial score (nSPS) is 17.6. The molecule has 0 bridgehead atoms. The number of hydrogen-bond acceptors (Lipinski definition) is 1. The van der Waals surface area contributed by atoms with E-state index in [0.29, 0.717) is 0 Å². The summed E-state index contributed by atoms with van der Waals surface area (Å²) in [6.45, 7) is 2.11. The lowest BCUT2D eigenvalue weighted by atomic mass is 9.92. The van der Waals surface area contributed by atoms with Crippen LogP contribution in [0.5, 0.6) is 0 Å². The van der Waals surface area contributed by atoms with E-state index in [9.17, 15) is 5.11 Å². The Morgan fingerprint density at radius 3 is 2.71 bits per heavy atom.